The number of primary sulfonamides is 1. The van der Waals surface area contributed by atoms with E-state index >= 15 is 0 Å². The molecular formula is C11H16N2O2S. The fraction of sp³-hybridized carbons (Fsp3) is 0.455. The lowest BCUT2D eigenvalue weighted by Crippen LogP contribution is -2.20. The molecule has 0 aliphatic heterocycles. The van der Waals surface area contributed by atoms with E-state index in [1.54, 1.807) is 24.3 Å². The van der Waals surface area contributed by atoms with Gasteiger partial charge in [-0.1, -0.05) is 12.1 Å². The second kappa shape index (κ2) is 4.16. The Hall–Kier alpha value is -0.910. The molecule has 16 heavy (non-hydrogen) atoms. The molecular weight excluding hydrogens is 224 g/mol. The highest BCUT2D eigenvalue weighted by Crippen LogP contribution is 2.24. The molecule has 5 heteroatoms. The van der Waals surface area contributed by atoms with E-state index < -0.39 is 10.0 Å². The SMILES string of the molecule is CC(NC1CC1)c1ccc(S(N)(=O)=O)cc1. The highest BCUT2D eigenvalue weighted by molar-refractivity contribution is 7.89. The van der Waals surface area contributed by atoms with Gasteiger partial charge in [-0.05, 0) is 37.5 Å². The molecule has 1 aliphatic rings. The van der Waals surface area contributed by atoms with E-state index in [-0.39, 0.29) is 10.9 Å². The molecule has 0 saturated heterocycles. The lowest BCUT2D eigenvalue weighted by atomic mass is 10.1. The molecule has 1 unspecified atom stereocenters. The molecule has 4 nitrogen and oxygen atoms in total. The fourth-order valence-electron chi connectivity index (χ4n) is 1.65. The highest BCUT2D eigenvalue weighted by Gasteiger charge is 2.23. The average molecular weight is 240 g/mol. The van der Waals surface area contributed by atoms with E-state index in [1.807, 2.05) is 0 Å². The predicted molar refractivity (Wildman–Crippen MR) is 62.4 cm³/mol. The van der Waals surface area contributed by atoms with Gasteiger partial charge < -0.3 is 5.32 Å². The zero-order valence-electron chi connectivity index (χ0n) is 9.18. The molecule has 1 atom stereocenters. The van der Waals surface area contributed by atoms with Crippen LogP contribution in [0.3, 0.4) is 0 Å². The van der Waals surface area contributed by atoms with Gasteiger partial charge >= 0.3 is 0 Å². The van der Waals surface area contributed by atoms with E-state index in [9.17, 15) is 8.42 Å². The van der Waals surface area contributed by atoms with Crippen LogP contribution in [0.1, 0.15) is 31.4 Å². The van der Waals surface area contributed by atoms with Gasteiger partial charge in [0, 0.05) is 12.1 Å². The molecule has 0 amide bonds. The Labute approximate surface area is 95.9 Å². The summed E-state index contributed by atoms with van der Waals surface area (Å²) in [7, 11) is -3.58. The van der Waals surface area contributed by atoms with Gasteiger partial charge in [0.15, 0.2) is 0 Å². The van der Waals surface area contributed by atoms with E-state index in [0.717, 1.165) is 5.56 Å². The van der Waals surface area contributed by atoms with Gasteiger partial charge in [0.1, 0.15) is 0 Å². The van der Waals surface area contributed by atoms with Gasteiger partial charge in [0.2, 0.25) is 10.0 Å². The van der Waals surface area contributed by atoms with Crippen LogP contribution in [0.15, 0.2) is 29.2 Å². The zero-order valence-corrected chi connectivity index (χ0v) is 10.00. The molecule has 0 heterocycles. The van der Waals surface area contributed by atoms with Crippen LogP contribution < -0.4 is 10.5 Å². The second-order valence-electron chi connectivity index (χ2n) is 4.28. The standard InChI is InChI=1S/C11H16N2O2S/c1-8(13-10-4-5-10)9-2-6-11(7-3-9)16(12,14)15/h2-3,6-8,10,13H,4-5H2,1H3,(H2,12,14,15). The maximum absolute atomic E-state index is 11.1. The van der Waals surface area contributed by atoms with Gasteiger partial charge in [-0.2, -0.15) is 0 Å². The summed E-state index contributed by atoms with van der Waals surface area (Å²) < 4.78 is 22.1. The van der Waals surface area contributed by atoms with Gasteiger partial charge in [-0.3, -0.25) is 0 Å². The van der Waals surface area contributed by atoms with Crippen molar-refractivity contribution in [1.29, 1.82) is 0 Å². The summed E-state index contributed by atoms with van der Waals surface area (Å²) >= 11 is 0. The Morgan fingerprint density at radius 1 is 1.31 bits per heavy atom. The van der Waals surface area contributed by atoms with Crippen LogP contribution >= 0.6 is 0 Å². The van der Waals surface area contributed by atoms with Crippen molar-refractivity contribution in [2.45, 2.75) is 36.7 Å². The first kappa shape index (κ1) is 11.6. The Kier molecular flexibility index (Phi) is 3.01. The lowest BCUT2D eigenvalue weighted by molar-refractivity contribution is 0.570. The van der Waals surface area contributed by atoms with Crippen LogP contribution in [0.2, 0.25) is 0 Å². The Morgan fingerprint density at radius 3 is 2.31 bits per heavy atom. The van der Waals surface area contributed by atoms with Crippen LogP contribution in [-0.2, 0) is 10.0 Å². The molecule has 0 aromatic heterocycles. The van der Waals surface area contributed by atoms with E-state index in [2.05, 4.69) is 12.2 Å². The number of benzene rings is 1. The summed E-state index contributed by atoms with van der Waals surface area (Å²) in [6, 6.07) is 7.60. The maximum atomic E-state index is 11.1. The van der Waals surface area contributed by atoms with Crippen LogP contribution in [0.25, 0.3) is 0 Å². The Morgan fingerprint density at radius 2 is 1.88 bits per heavy atom. The summed E-state index contributed by atoms with van der Waals surface area (Å²) in [4.78, 5) is 0.162. The van der Waals surface area contributed by atoms with Crippen molar-refractivity contribution in [1.82, 2.24) is 5.32 Å². The number of nitrogens with one attached hydrogen (secondary N) is 1. The van der Waals surface area contributed by atoms with Gasteiger partial charge in [0.25, 0.3) is 0 Å². The summed E-state index contributed by atoms with van der Waals surface area (Å²) in [5.74, 6) is 0. The minimum Gasteiger partial charge on any atom is -0.307 e. The molecule has 1 fully saturated rings. The van der Waals surface area contributed by atoms with Crippen molar-refractivity contribution < 1.29 is 8.42 Å². The quantitative estimate of drug-likeness (QED) is 0.829. The largest absolute Gasteiger partial charge is 0.307 e. The highest BCUT2D eigenvalue weighted by atomic mass is 32.2. The van der Waals surface area contributed by atoms with Crippen molar-refractivity contribution in [3.05, 3.63) is 29.8 Å². The number of hydrogen-bond acceptors (Lipinski definition) is 3. The van der Waals surface area contributed by atoms with E-state index in [4.69, 9.17) is 5.14 Å². The molecule has 0 spiro atoms. The first-order chi connectivity index (χ1) is 7.47. The van der Waals surface area contributed by atoms with Crippen molar-refractivity contribution in [3.8, 4) is 0 Å². The third-order valence-electron chi connectivity index (χ3n) is 2.77. The van der Waals surface area contributed by atoms with Gasteiger partial charge in [-0.25, -0.2) is 13.6 Å². The summed E-state index contributed by atoms with van der Waals surface area (Å²) in [6.45, 7) is 2.07. The molecule has 1 aliphatic carbocycles. The molecule has 1 aromatic rings. The minimum atomic E-state index is -3.58. The van der Waals surface area contributed by atoms with E-state index in [0.29, 0.717) is 6.04 Å². The molecule has 3 N–H and O–H groups in total. The van der Waals surface area contributed by atoms with Crippen LogP contribution in [0.5, 0.6) is 0 Å². The fourth-order valence-corrected chi connectivity index (χ4v) is 2.16. The topological polar surface area (TPSA) is 72.2 Å². The van der Waals surface area contributed by atoms with Crippen molar-refractivity contribution in [3.63, 3.8) is 0 Å². The molecule has 0 radical (unpaired) electrons. The number of hydrogen-bond donors (Lipinski definition) is 2. The lowest BCUT2D eigenvalue weighted by Gasteiger charge is -2.13. The van der Waals surface area contributed by atoms with Crippen molar-refractivity contribution in [2.75, 3.05) is 0 Å². The molecule has 1 aromatic carbocycles. The summed E-state index contributed by atoms with van der Waals surface area (Å²) in [5, 5.41) is 8.48. The van der Waals surface area contributed by atoms with Crippen LogP contribution in [0, 0.1) is 0 Å². The van der Waals surface area contributed by atoms with E-state index in [1.165, 1.54) is 12.8 Å². The maximum Gasteiger partial charge on any atom is 0.238 e. The normalized spacial score (nSPS) is 18.4. The first-order valence-electron chi connectivity index (χ1n) is 5.35. The zero-order chi connectivity index (χ0) is 11.8. The predicted octanol–water partition coefficient (Wildman–Crippen LogP) is 1.15. The van der Waals surface area contributed by atoms with Gasteiger partial charge in [-0.15, -0.1) is 0 Å². The van der Waals surface area contributed by atoms with Crippen molar-refractivity contribution >= 4 is 10.0 Å². The minimum absolute atomic E-state index is 0.162. The van der Waals surface area contributed by atoms with Crippen LogP contribution in [0.4, 0.5) is 0 Å². The Balaban J connectivity index is 2.11. The monoisotopic (exact) mass is 240 g/mol. The third kappa shape index (κ3) is 2.81. The molecule has 2 rings (SSSR count). The van der Waals surface area contributed by atoms with Crippen LogP contribution in [-0.4, -0.2) is 14.5 Å². The van der Waals surface area contributed by atoms with Crippen molar-refractivity contribution in [2.24, 2.45) is 5.14 Å². The summed E-state index contributed by atoms with van der Waals surface area (Å²) in [6.07, 6.45) is 2.47. The second-order valence-corrected chi connectivity index (χ2v) is 5.84. The Bertz CT molecular complexity index is 463. The first-order valence-corrected chi connectivity index (χ1v) is 6.90. The summed E-state index contributed by atoms with van der Waals surface area (Å²) in [5.41, 5.74) is 1.08. The molecule has 1 saturated carbocycles. The smallest absolute Gasteiger partial charge is 0.238 e. The molecule has 0 bridgehead atoms. The number of nitrogens with two attached hydrogens (primary N) is 1. The number of sulfonamides is 1. The average Bonchev–Trinajstić information content (AvgIpc) is 3.00. The van der Waals surface area contributed by atoms with Gasteiger partial charge in [0.05, 0.1) is 4.90 Å². The number of rotatable bonds is 4. The molecule has 88 valence electrons. The third-order valence-corrected chi connectivity index (χ3v) is 3.70.